The van der Waals surface area contributed by atoms with E-state index in [0.29, 0.717) is 36.9 Å². The number of imidazole rings is 1. The number of carbonyl (C=O) groups is 1. The summed E-state index contributed by atoms with van der Waals surface area (Å²) in [5.41, 5.74) is 3.59. The van der Waals surface area contributed by atoms with Crippen molar-refractivity contribution < 1.29 is 9.21 Å². The molecule has 1 N–H and O–H groups in total. The highest BCUT2D eigenvalue weighted by atomic mass is 16.4. The molecule has 130 valence electrons. The number of nitrogens with one attached hydrogen (secondary N) is 1. The minimum absolute atomic E-state index is 0.0125. The van der Waals surface area contributed by atoms with E-state index in [2.05, 4.69) is 20.1 Å². The number of aromatic nitrogens is 5. The molecule has 8 nitrogen and oxygen atoms in total. The molecule has 0 aromatic carbocycles. The summed E-state index contributed by atoms with van der Waals surface area (Å²) in [7, 11) is 1.88. The van der Waals surface area contributed by atoms with Crippen molar-refractivity contribution in [3.05, 3.63) is 53.0 Å². The molecule has 0 fully saturated rings. The summed E-state index contributed by atoms with van der Waals surface area (Å²) in [6, 6.07) is 0. The van der Waals surface area contributed by atoms with Crippen LogP contribution in [0.25, 0.3) is 0 Å². The van der Waals surface area contributed by atoms with Crippen LogP contribution in [0.1, 0.15) is 51.9 Å². The van der Waals surface area contributed by atoms with Gasteiger partial charge in [0.15, 0.2) is 5.89 Å². The molecule has 0 aliphatic carbocycles. The van der Waals surface area contributed by atoms with Gasteiger partial charge >= 0.3 is 0 Å². The predicted molar refractivity (Wildman–Crippen MR) is 89.0 cm³/mol. The Bertz CT molecular complexity index is 921. The maximum atomic E-state index is 13.0. The number of hydrogen-bond acceptors (Lipinski definition) is 5. The highest BCUT2D eigenvalue weighted by Gasteiger charge is 2.34. The highest BCUT2D eigenvalue weighted by Crippen LogP contribution is 2.32. The number of aromatic amines is 1. The first-order valence-electron chi connectivity index (χ1n) is 8.33. The van der Waals surface area contributed by atoms with Crippen LogP contribution in [-0.2, 0) is 20.0 Å². The molecule has 0 saturated heterocycles. The maximum Gasteiger partial charge on any atom is 0.291 e. The molecule has 4 rings (SSSR count). The third kappa shape index (κ3) is 2.63. The second-order valence-electron chi connectivity index (χ2n) is 6.33. The molecule has 1 atom stereocenters. The second kappa shape index (κ2) is 5.87. The Morgan fingerprint density at radius 2 is 2.32 bits per heavy atom. The summed E-state index contributed by atoms with van der Waals surface area (Å²) in [6.07, 6.45) is 6.13. The predicted octanol–water partition coefficient (Wildman–Crippen LogP) is 1.79. The molecule has 3 aromatic heterocycles. The first-order valence-corrected chi connectivity index (χ1v) is 8.33. The Morgan fingerprint density at radius 3 is 3.00 bits per heavy atom. The average Bonchev–Trinajstić information content (AvgIpc) is 3.32. The summed E-state index contributed by atoms with van der Waals surface area (Å²) in [6.45, 7) is 4.77. The van der Waals surface area contributed by atoms with E-state index in [0.717, 1.165) is 17.0 Å². The van der Waals surface area contributed by atoms with Crippen LogP contribution < -0.4 is 0 Å². The molecule has 1 aliphatic rings. The van der Waals surface area contributed by atoms with E-state index < -0.39 is 0 Å². The summed E-state index contributed by atoms with van der Waals surface area (Å²) in [5, 5.41) is 4.25. The van der Waals surface area contributed by atoms with E-state index in [4.69, 9.17) is 4.42 Å². The van der Waals surface area contributed by atoms with E-state index >= 15 is 0 Å². The molecule has 25 heavy (non-hydrogen) atoms. The molecule has 0 radical (unpaired) electrons. The van der Waals surface area contributed by atoms with Gasteiger partial charge in [-0.05, 0) is 6.92 Å². The van der Waals surface area contributed by atoms with Gasteiger partial charge in [-0.25, -0.2) is 9.97 Å². The van der Waals surface area contributed by atoms with Crippen molar-refractivity contribution in [1.29, 1.82) is 0 Å². The number of hydrogen-bond donors (Lipinski definition) is 1. The molecule has 3 aromatic rings. The van der Waals surface area contributed by atoms with E-state index in [1.807, 2.05) is 26.4 Å². The summed E-state index contributed by atoms with van der Waals surface area (Å²) in [5.74, 6) is 0.758. The molecule has 4 heterocycles. The van der Waals surface area contributed by atoms with Crippen molar-refractivity contribution >= 4 is 5.91 Å². The minimum atomic E-state index is -0.140. The van der Waals surface area contributed by atoms with Crippen LogP contribution >= 0.6 is 0 Å². The van der Waals surface area contributed by atoms with Gasteiger partial charge < -0.3 is 14.3 Å². The number of carbonyl (C=O) groups excluding carboxylic acids is 1. The maximum absolute atomic E-state index is 13.0. The van der Waals surface area contributed by atoms with E-state index in [9.17, 15) is 4.79 Å². The van der Waals surface area contributed by atoms with Crippen molar-refractivity contribution in [2.24, 2.45) is 7.05 Å². The fraction of sp³-hybridized carbons (Fsp3) is 0.412. The van der Waals surface area contributed by atoms with Crippen LogP contribution in [0.3, 0.4) is 0 Å². The fourth-order valence-electron chi connectivity index (χ4n) is 3.30. The molecule has 1 amide bonds. The van der Waals surface area contributed by atoms with Gasteiger partial charge in [0.05, 0.1) is 36.2 Å². The second-order valence-corrected chi connectivity index (χ2v) is 6.33. The number of amides is 1. The molecular formula is C17H20N6O2. The standard InChI is InChI=1S/C17H20N6O2/c1-4-14-21-10(2)16(25-14)17(24)23-7-12(11-5-20-22(3)6-11)15-13(8-23)18-9-19-15/h5-6,9,12H,4,7-8H2,1-3H3,(H,18,19). The lowest BCUT2D eigenvalue weighted by atomic mass is 9.93. The van der Waals surface area contributed by atoms with Crippen LogP contribution in [0.5, 0.6) is 0 Å². The van der Waals surface area contributed by atoms with E-state index in [1.165, 1.54) is 0 Å². The van der Waals surface area contributed by atoms with Crippen molar-refractivity contribution in [1.82, 2.24) is 29.6 Å². The number of nitrogens with zero attached hydrogens (tertiary/aromatic N) is 5. The highest BCUT2D eigenvalue weighted by molar-refractivity contribution is 5.92. The van der Waals surface area contributed by atoms with Crippen molar-refractivity contribution in [2.45, 2.75) is 32.7 Å². The van der Waals surface area contributed by atoms with Crippen LogP contribution in [-0.4, -0.2) is 42.1 Å². The van der Waals surface area contributed by atoms with Gasteiger partial charge in [0.2, 0.25) is 5.76 Å². The topological polar surface area (TPSA) is 92.8 Å². The third-order valence-electron chi connectivity index (χ3n) is 4.59. The van der Waals surface area contributed by atoms with Gasteiger partial charge in [-0.3, -0.25) is 9.48 Å². The molecule has 0 bridgehead atoms. The van der Waals surface area contributed by atoms with E-state index in [1.54, 1.807) is 22.8 Å². The Labute approximate surface area is 144 Å². The van der Waals surface area contributed by atoms with Gasteiger partial charge in [0, 0.05) is 37.7 Å². The smallest absolute Gasteiger partial charge is 0.291 e. The largest absolute Gasteiger partial charge is 0.435 e. The molecule has 8 heteroatoms. The van der Waals surface area contributed by atoms with Crippen molar-refractivity contribution in [2.75, 3.05) is 6.54 Å². The van der Waals surface area contributed by atoms with Gasteiger partial charge in [-0.2, -0.15) is 5.10 Å². The minimum Gasteiger partial charge on any atom is -0.435 e. The summed E-state index contributed by atoms with van der Waals surface area (Å²) in [4.78, 5) is 26.7. The van der Waals surface area contributed by atoms with Gasteiger partial charge in [-0.1, -0.05) is 6.92 Å². The lowest BCUT2D eigenvalue weighted by molar-refractivity contribution is 0.0686. The quantitative estimate of drug-likeness (QED) is 0.784. The molecule has 1 aliphatic heterocycles. The number of H-pyrrole nitrogens is 1. The zero-order valence-electron chi connectivity index (χ0n) is 14.5. The first kappa shape index (κ1) is 15.6. The van der Waals surface area contributed by atoms with Crippen LogP contribution in [0.4, 0.5) is 0 Å². The molecule has 1 unspecified atom stereocenters. The van der Waals surface area contributed by atoms with Gasteiger partial charge in [-0.15, -0.1) is 0 Å². The lowest BCUT2D eigenvalue weighted by Gasteiger charge is -2.31. The Kier molecular flexibility index (Phi) is 3.67. The summed E-state index contributed by atoms with van der Waals surface area (Å²) >= 11 is 0. The number of aryl methyl sites for hydroxylation is 3. The Hall–Kier alpha value is -2.90. The van der Waals surface area contributed by atoms with E-state index in [-0.39, 0.29) is 11.8 Å². The monoisotopic (exact) mass is 340 g/mol. The SMILES string of the molecule is CCc1nc(C)c(C(=O)N2Cc3[nH]cnc3C(c3cnn(C)c3)C2)o1. The Morgan fingerprint density at radius 1 is 1.48 bits per heavy atom. The van der Waals surface area contributed by atoms with Gasteiger partial charge in [0.1, 0.15) is 0 Å². The average molecular weight is 340 g/mol. The zero-order valence-corrected chi connectivity index (χ0v) is 14.5. The molecule has 0 saturated carbocycles. The van der Waals surface area contributed by atoms with Crippen molar-refractivity contribution in [3.8, 4) is 0 Å². The lowest BCUT2D eigenvalue weighted by Crippen LogP contribution is -2.38. The zero-order chi connectivity index (χ0) is 17.6. The molecule has 0 spiro atoms. The summed E-state index contributed by atoms with van der Waals surface area (Å²) < 4.78 is 7.41. The van der Waals surface area contributed by atoms with Crippen LogP contribution in [0.2, 0.25) is 0 Å². The van der Waals surface area contributed by atoms with Crippen LogP contribution in [0.15, 0.2) is 23.1 Å². The van der Waals surface area contributed by atoms with Crippen LogP contribution in [0, 0.1) is 6.92 Å². The fourth-order valence-corrected chi connectivity index (χ4v) is 3.30. The number of oxazole rings is 1. The first-order chi connectivity index (χ1) is 12.1. The van der Waals surface area contributed by atoms with Gasteiger partial charge in [0.25, 0.3) is 5.91 Å². The normalized spacial score (nSPS) is 16.9. The third-order valence-corrected chi connectivity index (χ3v) is 4.59. The molecular weight excluding hydrogens is 320 g/mol. The van der Waals surface area contributed by atoms with Crippen molar-refractivity contribution in [3.63, 3.8) is 0 Å². The Balaban J connectivity index is 1.67. The number of rotatable bonds is 3. The number of fused-ring (bicyclic) bond motifs is 1.